The molecule has 0 aromatic heterocycles. The molecule has 1 aromatic rings. The number of esters is 1. The largest absolute Gasteiger partial charge is 0.466 e. The summed E-state index contributed by atoms with van der Waals surface area (Å²) in [5.41, 5.74) is 1.16. The molecule has 0 unspecified atom stereocenters. The van der Waals surface area contributed by atoms with E-state index in [-0.39, 0.29) is 35.2 Å². The van der Waals surface area contributed by atoms with Gasteiger partial charge in [0.1, 0.15) is 0 Å². The zero-order valence-corrected chi connectivity index (χ0v) is 15.7. The first-order chi connectivity index (χ1) is 12.8. The maximum atomic E-state index is 12.6. The lowest BCUT2D eigenvalue weighted by Crippen LogP contribution is -2.37. The molecule has 0 spiro atoms. The molecule has 148 valence electrons. The highest BCUT2D eigenvalue weighted by molar-refractivity contribution is 5.74. The predicted molar refractivity (Wildman–Crippen MR) is 96.9 cm³/mol. The zero-order chi connectivity index (χ0) is 19.6. The van der Waals surface area contributed by atoms with Crippen molar-refractivity contribution < 1.29 is 22.7 Å². The molecule has 0 bridgehead atoms. The van der Waals surface area contributed by atoms with Gasteiger partial charge >= 0.3 is 12.1 Å². The summed E-state index contributed by atoms with van der Waals surface area (Å²) in [4.78, 5) is 14.6. The number of allylic oxidation sites excluding steroid dienone is 1. The third-order valence-electron chi connectivity index (χ3n) is 5.54. The van der Waals surface area contributed by atoms with Crippen LogP contribution in [0, 0.1) is 23.7 Å². The van der Waals surface area contributed by atoms with Crippen LogP contribution in [0.5, 0.6) is 0 Å². The van der Waals surface area contributed by atoms with Crippen LogP contribution in [0.15, 0.2) is 36.4 Å². The van der Waals surface area contributed by atoms with Gasteiger partial charge in [-0.3, -0.25) is 9.69 Å². The molecule has 0 amide bonds. The minimum Gasteiger partial charge on any atom is -0.466 e. The summed E-state index contributed by atoms with van der Waals surface area (Å²) in [5, 5.41) is 0. The maximum Gasteiger partial charge on any atom is 0.393 e. The van der Waals surface area contributed by atoms with Crippen LogP contribution >= 0.6 is 0 Å². The molecule has 0 N–H and O–H groups in total. The molecule has 0 saturated carbocycles. The third-order valence-corrected chi connectivity index (χ3v) is 5.54. The molecule has 2 aliphatic rings. The fourth-order valence-electron chi connectivity index (χ4n) is 4.44. The maximum absolute atomic E-state index is 12.6. The molecule has 6 heteroatoms. The van der Waals surface area contributed by atoms with Gasteiger partial charge in [0.25, 0.3) is 0 Å². The summed E-state index contributed by atoms with van der Waals surface area (Å²) in [6, 6.07) is 6.70. The Morgan fingerprint density at radius 3 is 2.67 bits per heavy atom. The molecule has 3 nitrogen and oxygen atoms in total. The lowest BCUT2D eigenvalue weighted by atomic mass is 9.72. The smallest absolute Gasteiger partial charge is 0.393 e. The molecule has 1 fully saturated rings. The molecule has 27 heavy (non-hydrogen) atoms. The lowest BCUT2D eigenvalue weighted by Gasteiger charge is -2.32. The van der Waals surface area contributed by atoms with Gasteiger partial charge in [-0.25, -0.2) is 0 Å². The van der Waals surface area contributed by atoms with Crippen LogP contribution in [-0.4, -0.2) is 36.7 Å². The van der Waals surface area contributed by atoms with E-state index >= 15 is 0 Å². The Hall–Kier alpha value is -1.82. The van der Waals surface area contributed by atoms with E-state index in [0.717, 1.165) is 18.7 Å². The Labute approximate surface area is 158 Å². The first-order valence-corrected chi connectivity index (χ1v) is 9.48. The monoisotopic (exact) mass is 381 g/mol. The van der Waals surface area contributed by atoms with Crippen molar-refractivity contribution in [2.24, 2.45) is 23.7 Å². The number of rotatable bonds is 5. The second-order valence-electron chi connectivity index (χ2n) is 7.66. The van der Waals surface area contributed by atoms with Gasteiger partial charge in [0.2, 0.25) is 0 Å². The van der Waals surface area contributed by atoms with Crippen molar-refractivity contribution in [1.29, 1.82) is 0 Å². The minimum atomic E-state index is -4.20. The number of hydrogen-bond donors (Lipinski definition) is 0. The van der Waals surface area contributed by atoms with Crippen molar-refractivity contribution in [2.45, 2.75) is 33.0 Å². The third kappa shape index (κ3) is 4.92. The molecular weight excluding hydrogens is 355 g/mol. The standard InChI is InChI=1S/C21H26F3NO2/c1-3-27-20(26)19-14(2)7-8-17-12-25(13-18(17)19)11-16-6-4-5-15(9-16)10-21(22,23)24/h4-9,14,17-19H,3,10-13H2,1-2H3/t14-,17-,18-,19-/m0/s1. The van der Waals surface area contributed by atoms with E-state index in [0.29, 0.717) is 13.2 Å². The van der Waals surface area contributed by atoms with E-state index in [4.69, 9.17) is 4.74 Å². The molecule has 1 saturated heterocycles. The summed E-state index contributed by atoms with van der Waals surface area (Å²) in [5.74, 6) is 0.330. The van der Waals surface area contributed by atoms with Gasteiger partial charge in [-0.2, -0.15) is 13.2 Å². The molecule has 4 atom stereocenters. The molecule has 1 aliphatic heterocycles. The average molecular weight is 381 g/mol. The molecular formula is C21H26F3NO2. The lowest BCUT2D eigenvalue weighted by molar-refractivity contribution is -0.152. The molecule has 1 aliphatic carbocycles. The van der Waals surface area contributed by atoms with Crippen LogP contribution in [0.2, 0.25) is 0 Å². The Kier molecular flexibility index (Phi) is 5.94. The van der Waals surface area contributed by atoms with Crippen LogP contribution in [0.1, 0.15) is 25.0 Å². The fraction of sp³-hybridized carbons (Fsp3) is 0.571. The van der Waals surface area contributed by atoms with Crippen molar-refractivity contribution in [3.63, 3.8) is 0 Å². The van der Waals surface area contributed by atoms with Gasteiger partial charge in [0, 0.05) is 19.6 Å². The quantitative estimate of drug-likeness (QED) is 0.565. The Balaban J connectivity index is 1.68. The van der Waals surface area contributed by atoms with Crippen molar-refractivity contribution in [3.05, 3.63) is 47.5 Å². The number of hydrogen-bond acceptors (Lipinski definition) is 3. The van der Waals surface area contributed by atoms with E-state index < -0.39 is 12.6 Å². The Bertz CT molecular complexity index is 701. The van der Waals surface area contributed by atoms with E-state index in [2.05, 4.69) is 17.1 Å². The molecule has 3 rings (SSSR count). The summed E-state index contributed by atoms with van der Waals surface area (Å²) in [7, 11) is 0. The first-order valence-electron chi connectivity index (χ1n) is 9.48. The van der Waals surface area contributed by atoms with Gasteiger partial charge < -0.3 is 4.74 Å². The number of carbonyl (C=O) groups excluding carboxylic acids is 1. The van der Waals surface area contributed by atoms with Crippen molar-refractivity contribution >= 4 is 5.97 Å². The number of carbonyl (C=O) groups is 1. The first kappa shape index (κ1) is 19.9. The number of fused-ring (bicyclic) bond motifs is 1. The van der Waals surface area contributed by atoms with Crippen molar-refractivity contribution in [2.75, 3.05) is 19.7 Å². The van der Waals surface area contributed by atoms with Gasteiger partial charge in [0.05, 0.1) is 18.9 Å². The zero-order valence-electron chi connectivity index (χ0n) is 15.7. The number of ether oxygens (including phenoxy) is 1. The molecule has 1 heterocycles. The van der Waals surface area contributed by atoms with Crippen LogP contribution in [0.4, 0.5) is 13.2 Å². The molecule has 1 aromatic carbocycles. The number of benzene rings is 1. The number of nitrogens with zero attached hydrogens (tertiary/aromatic N) is 1. The highest BCUT2D eigenvalue weighted by Crippen LogP contribution is 2.40. The van der Waals surface area contributed by atoms with Crippen molar-refractivity contribution in [1.82, 2.24) is 4.90 Å². The highest BCUT2D eigenvalue weighted by atomic mass is 19.4. The van der Waals surface area contributed by atoms with E-state index in [1.807, 2.05) is 19.9 Å². The van der Waals surface area contributed by atoms with Gasteiger partial charge in [-0.05, 0) is 35.8 Å². The van der Waals surface area contributed by atoms with Gasteiger partial charge in [0.15, 0.2) is 0 Å². The van der Waals surface area contributed by atoms with Crippen LogP contribution < -0.4 is 0 Å². The number of likely N-dealkylation sites (tertiary alicyclic amines) is 1. The second kappa shape index (κ2) is 8.05. The fourth-order valence-corrected chi connectivity index (χ4v) is 4.44. The Morgan fingerprint density at radius 2 is 1.96 bits per heavy atom. The topological polar surface area (TPSA) is 29.5 Å². The van der Waals surface area contributed by atoms with E-state index in [1.165, 1.54) is 6.07 Å². The summed E-state index contributed by atoms with van der Waals surface area (Å²) < 4.78 is 43.2. The van der Waals surface area contributed by atoms with Crippen LogP contribution in [0.3, 0.4) is 0 Å². The highest BCUT2D eigenvalue weighted by Gasteiger charge is 2.44. The average Bonchev–Trinajstić information content (AvgIpc) is 2.95. The van der Waals surface area contributed by atoms with Crippen LogP contribution in [0.25, 0.3) is 0 Å². The normalized spacial score (nSPS) is 28.2. The van der Waals surface area contributed by atoms with Crippen LogP contribution in [-0.2, 0) is 22.5 Å². The Morgan fingerprint density at radius 1 is 1.22 bits per heavy atom. The SMILES string of the molecule is CCOC(=O)[C@@H]1[C@H]2CN(Cc3cccc(CC(F)(F)F)c3)C[C@@H]2C=C[C@@H]1C. The summed E-state index contributed by atoms with van der Waals surface area (Å²) in [6.45, 7) is 6.39. The van der Waals surface area contributed by atoms with Gasteiger partial charge in [-0.1, -0.05) is 43.3 Å². The van der Waals surface area contributed by atoms with Gasteiger partial charge in [-0.15, -0.1) is 0 Å². The number of alkyl halides is 3. The summed E-state index contributed by atoms with van der Waals surface area (Å²) in [6.07, 6.45) is -0.826. The number of halogens is 3. The van der Waals surface area contributed by atoms with E-state index in [9.17, 15) is 18.0 Å². The molecule has 0 radical (unpaired) electrons. The van der Waals surface area contributed by atoms with E-state index in [1.54, 1.807) is 12.1 Å². The minimum absolute atomic E-state index is 0.139. The predicted octanol–water partition coefficient (Wildman–Crippen LogP) is 4.22. The summed E-state index contributed by atoms with van der Waals surface area (Å²) >= 11 is 0. The van der Waals surface area contributed by atoms with Crippen molar-refractivity contribution in [3.8, 4) is 0 Å². The second-order valence-corrected chi connectivity index (χ2v) is 7.66.